The Morgan fingerprint density at radius 3 is 2.10 bits per heavy atom. The minimum Gasteiger partial charge on any atom is -0.481 e. The van der Waals surface area contributed by atoms with E-state index in [1.807, 2.05) is 0 Å². The molecule has 1 saturated heterocycles. The third-order valence-electron chi connectivity index (χ3n) is 3.70. The van der Waals surface area contributed by atoms with Gasteiger partial charge in [-0.3, -0.25) is 4.79 Å². The van der Waals surface area contributed by atoms with Crippen LogP contribution in [0.15, 0.2) is 0 Å². The minimum absolute atomic E-state index is 0.126. The number of hydrogen-bond donors (Lipinski definition) is 2. The molecule has 1 aliphatic rings. The van der Waals surface area contributed by atoms with Crippen molar-refractivity contribution < 1.29 is 29.6 Å². The number of carboxylic acid groups (broad SMARTS) is 2. The quantitative estimate of drug-likeness (QED) is 0.325. The summed E-state index contributed by atoms with van der Waals surface area (Å²) >= 11 is 0. The highest BCUT2D eigenvalue weighted by Gasteiger charge is 2.62. The number of carbonyl (C=O) groups is 2. The van der Waals surface area contributed by atoms with E-state index >= 15 is 0 Å². The van der Waals surface area contributed by atoms with Gasteiger partial charge < -0.3 is 10.2 Å². The molecule has 0 bridgehead atoms. The number of unbranched alkanes of at least 4 members (excludes halogenated alkanes) is 4. The molecule has 1 atom stereocenters. The molecular weight excluding hydrogens is 264 g/mol. The smallest absolute Gasteiger partial charge is 0.370 e. The van der Waals surface area contributed by atoms with Crippen LogP contribution in [-0.4, -0.2) is 27.9 Å². The molecular formula is C14H24O6. The summed E-state index contributed by atoms with van der Waals surface area (Å²) in [5.41, 5.74) is 0. The summed E-state index contributed by atoms with van der Waals surface area (Å²) < 4.78 is 0. The van der Waals surface area contributed by atoms with E-state index < -0.39 is 17.7 Å². The Morgan fingerprint density at radius 2 is 1.60 bits per heavy atom. The van der Waals surface area contributed by atoms with Gasteiger partial charge in [-0.25, -0.2) is 4.79 Å². The molecule has 6 heteroatoms. The van der Waals surface area contributed by atoms with E-state index in [2.05, 4.69) is 6.92 Å². The zero-order valence-corrected chi connectivity index (χ0v) is 12.0. The molecule has 1 aliphatic heterocycles. The van der Waals surface area contributed by atoms with Gasteiger partial charge in [-0.1, -0.05) is 39.0 Å². The van der Waals surface area contributed by atoms with Crippen molar-refractivity contribution >= 4 is 11.9 Å². The second-order valence-corrected chi connectivity index (χ2v) is 5.33. The predicted octanol–water partition coefficient (Wildman–Crippen LogP) is 2.96. The van der Waals surface area contributed by atoms with E-state index in [9.17, 15) is 9.59 Å². The van der Waals surface area contributed by atoms with Gasteiger partial charge in [0.1, 0.15) is 0 Å². The van der Waals surface area contributed by atoms with Crippen molar-refractivity contribution in [2.45, 2.75) is 70.5 Å². The monoisotopic (exact) mass is 288 g/mol. The van der Waals surface area contributed by atoms with Crippen LogP contribution in [0, 0.1) is 5.92 Å². The van der Waals surface area contributed by atoms with Gasteiger partial charge in [0.2, 0.25) is 0 Å². The van der Waals surface area contributed by atoms with E-state index in [-0.39, 0.29) is 12.3 Å². The summed E-state index contributed by atoms with van der Waals surface area (Å²) in [7, 11) is 0. The van der Waals surface area contributed by atoms with Crippen LogP contribution in [0.2, 0.25) is 0 Å². The molecule has 1 rings (SSSR count). The fourth-order valence-electron chi connectivity index (χ4n) is 2.42. The fraction of sp³-hybridized carbons (Fsp3) is 0.857. The summed E-state index contributed by atoms with van der Waals surface area (Å²) in [6.45, 7) is 2.06. The number of carboxylic acids is 2. The van der Waals surface area contributed by atoms with E-state index in [0.717, 1.165) is 44.9 Å². The second kappa shape index (κ2) is 8.21. The molecule has 0 amide bonds. The second-order valence-electron chi connectivity index (χ2n) is 5.33. The summed E-state index contributed by atoms with van der Waals surface area (Å²) in [5.74, 6) is -3.37. The van der Waals surface area contributed by atoms with Crippen LogP contribution in [0.3, 0.4) is 0 Å². The van der Waals surface area contributed by atoms with E-state index in [1.165, 1.54) is 0 Å². The maximum absolute atomic E-state index is 11.2. The first-order valence-electron chi connectivity index (χ1n) is 7.35. The topological polar surface area (TPSA) is 99.7 Å². The standard InChI is InChI=1S/C14H24O6/c1-2-3-8-11(14(13(17)18)19-20-14)9-6-4-5-7-10-12(15)16/h11H,2-10H2,1H3,(H,15,16)(H,17,18). The molecule has 1 unspecified atom stereocenters. The summed E-state index contributed by atoms with van der Waals surface area (Å²) in [6, 6.07) is 0. The highest BCUT2D eigenvalue weighted by molar-refractivity contribution is 5.77. The highest BCUT2D eigenvalue weighted by Crippen LogP contribution is 2.43. The molecule has 1 heterocycles. The maximum Gasteiger partial charge on any atom is 0.370 e. The minimum atomic E-state index is -1.42. The number of aliphatic carboxylic acids is 2. The van der Waals surface area contributed by atoms with Crippen molar-refractivity contribution in [1.82, 2.24) is 0 Å². The highest BCUT2D eigenvalue weighted by atomic mass is 17.4. The van der Waals surface area contributed by atoms with Crippen LogP contribution in [-0.2, 0) is 19.4 Å². The van der Waals surface area contributed by atoms with Crippen molar-refractivity contribution in [2.24, 2.45) is 5.92 Å². The zero-order valence-electron chi connectivity index (χ0n) is 12.0. The first-order valence-corrected chi connectivity index (χ1v) is 7.35. The van der Waals surface area contributed by atoms with Gasteiger partial charge in [0, 0.05) is 12.3 Å². The van der Waals surface area contributed by atoms with E-state index in [4.69, 9.17) is 20.0 Å². The third-order valence-corrected chi connectivity index (χ3v) is 3.70. The largest absolute Gasteiger partial charge is 0.481 e. The number of hydrogen-bond acceptors (Lipinski definition) is 4. The fourth-order valence-corrected chi connectivity index (χ4v) is 2.42. The first kappa shape index (κ1) is 16.9. The molecule has 20 heavy (non-hydrogen) atoms. The lowest BCUT2D eigenvalue weighted by Gasteiger charge is -2.17. The first-order chi connectivity index (χ1) is 9.53. The van der Waals surface area contributed by atoms with Gasteiger partial charge >= 0.3 is 17.7 Å². The Hall–Kier alpha value is -1.14. The molecule has 116 valence electrons. The average Bonchev–Trinajstić information content (AvgIpc) is 3.18. The molecule has 6 nitrogen and oxygen atoms in total. The van der Waals surface area contributed by atoms with Crippen LogP contribution in [0.4, 0.5) is 0 Å². The van der Waals surface area contributed by atoms with Gasteiger partial charge in [-0.05, 0) is 19.3 Å². The molecule has 0 aromatic carbocycles. The van der Waals surface area contributed by atoms with Crippen molar-refractivity contribution in [3.63, 3.8) is 0 Å². The van der Waals surface area contributed by atoms with Crippen LogP contribution < -0.4 is 0 Å². The van der Waals surface area contributed by atoms with Gasteiger partial charge in [0.15, 0.2) is 0 Å². The van der Waals surface area contributed by atoms with Gasteiger partial charge in [-0.2, -0.15) is 9.78 Å². The lowest BCUT2D eigenvalue weighted by atomic mass is 9.88. The molecule has 0 aromatic rings. The Bertz CT molecular complexity index is 324. The van der Waals surface area contributed by atoms with Gasteiger partial charge in [0.05, 0.1) is 0 Å². The third kappa shape index (κ3) is 5.09. The molecule has 0 saturated carbocycles. The summed E-state index contributed by atoms with van der Waals surface area (Å²) in [4.78, 5) is 31.1. The van der Waals surface area contributed by atoms with Gasteiger partial charge in [0.25, 0.3) is 0 Å². The Morgan fingerprint density at radius 1 is 1.00 bits per heavy atom. The average molecular weight is 288 g/mol. The van der Waals surface area contributed by atoms with Crippen LogP contribution in [0.25, 0.3) is 0 Å². The van der Waals surface area contributed by atoms with Crippen LogP contribution in [0.5, 0.6) is 0 Å². The van der Waals surface area contributed by atoms with E-state index in [1.54, 1.807) is 0 Å². The Kier molecular flexibility index (Phi) is 6.95. The normalized spacial score (nSPS) is 17.6. The molecule has 1 fully saturated rings. The van der Waals surface area contributed by atoms with Crippen LogP contribution >= 0.6 is 0 Å². The molecule has 0 spiro atoms. The van der Waals surface area contributed by atoms with E-state index in [0.29, 0.717) is 6.42 Å². The molecule has 2 N–H and O–H groups in total. The maximum atomic E-state index is 11.2. The van der Waals surface area contributed by atoms with Crippen molar-refractivity contribution in [3.8, 4) is 0 Å². The van der Waals surface area contributed by atoms with Crippen molar-refractivity contribution in [2.75, 3.05) is 0 Å². The van der Waals surface area contributed by atoms with Crippen molar-refractivity contribution in [1.29, 1.82) is 0 Å². The van der Waals surface area contributed by atoms with Crippen molar-refractivity contribution in [3.05, 3.63) is 0 Å². The van der Waals surface area contributed by atoms with Crippen LogP contribution in [0.1, 0.15) is 64.7 Å². The molecule has 0 aromatic heterocycles. The molecule has 0 radical (unpaired) electrons. The number of rotatable bonds is 12. The SMILES string of the molecule is CCCCC(CCCCCCC(=O)O)C1(C(=O)O)OO1. The Balaban J connectivity index is 2.27. The summed E-state index contributed by atoms with van der Waals surface area (Å²) in [5, 5.41) is 17.7. The summed E-state index contributed by atoms with van der Waals surface area (Å²) in [6.07, 6.45) is 6.97. The predicted molar refractivity (Wildman–Crippen MR) is 70.9 cm³/mol. The lowest BCUT2D eigenvalue weighted by molar-refractivity contribution is -0.147. The lowest BCUT2D eigenvalue weighted by Crippen LogP contribution is -2.33. The zero-order chi connectivity index (χ0) is 15.0. The molecule has 0 aliphatic carbocycles. The van der Waals surface area contributed by atoms with Gasteiger partial charge in [-0.15, -0.1) is 0 Å². The Labute approximate surface area is 119 Å².